The van der Waals surface area contributed by atoms with Crippen molar-refractivity contribution in [3.8, 4) is 0 Å². The van der Waals surface area contributed by atoms with Crippen molar-refractivity contribution in [3.05, 3.63) is 57.7 Å². The van der Waals surface area contributed by atoms with Gasteiger partial charge in [0.1, 0.15) is 0 Å². The third-order valence-corrected chi connectivity index (χ3v) is 8.10. The van der Waals surface area contributed by atoms with E-state index in [1.165, 1.54) is 24.8 Å². The molecule has 0 aliphatic heterocycles. The summed E-state index contributed by atoms with van der Waals surface area (Å²) >= 11 is 0.0153. The SMILES string of the molecule is CCCC(C)C1([I+]c2ccc(C)cc2)C=CC=CC1. The molecule has 0 bridgehead atoms. The Morgan fingerprint density at radius 3 is 2.53 bits per heavy atom. The van der Waals surface area contributed by atoms with Crippen LogP contribution in [0.4, 0.5) is 0 Å². The molecule has 2 unspecified atom stereocenters. The predicted molar refractivity (Wildman–Crippen MR) is 79.6 cm³/mol. The Labute approximate surface area is 128 Å². The average molecular weight is 367 g/mol. The molecule has 1 aromatic carbocycles. The van der Waals surface area contributed by atoms with E-state index in [0.29, 0.717) is 3.42 Å². The summed E-state index contributed by atoms with van der Waals surface area (Å²) in [5.41, 5.74) is 1.36. The fraction of sp³-hybridized carbons (Fsp3) is 0.444. The molecule has 0 fully saturated rings. The first-order valence-electron chi connectivity index (χ1n) is 7.23. The minimum atomic E-state index is 0.0153. The second kappa shape index (κ2) is 6.74. The first kappa shape index (κ1) is 14.8. The van der Waals surface area contributed by atoms with E-state index in [0.717, 1.165) is 5.92 Å². The molecule has 0 amide bonds. The lowest BCUT2D eigenvalue weighted by Gasteiger charge is -2.26. The van der Waals surface area contributed by atoms with Crippen molar-refractivity contribution < 1.29 is 21.2 Å². The van der Waals surface area contributed by atoms with Crippen LogP contribution in [0.3, 0.4) is 0 Å². The van der Waals surface area contributed by atoms with Crippen molar-refractivity contribution in [2.24, 2.45) is 5.92 Å². The van der Waals surface area contributed by atoms with Crippen LogP contribution in [0.15, 0.2) is 48.6 Å². The van der Waals surface area contributed by atoms with Crippen LogP contribution in [-0.4, -0.2) is 3.42 Å². The molecule has 2 atom stereocenters. The minimum Gasteiger partial charge on any atom is -0.0794 e. The summed E-state index contributed by atoms with van der Waals surface area (Å²) in [4.78, 5) is 0. The molecular formula is C18H24I+. The largest absolute Gasteiger partial charge is 0.325 e. The van der Waals surface area contributed by atoms with Gasteiger partial charge >= 0.3 is 21.2 Å². The topological polar surface area (TPSA) is 0 Å². The highest BCUT2D eigenvalue weighted by molar-refractivity contribution is 5.19. The average Bonchev–Trinajstić information content (AvgIpc) is 2.43. The number of alkyl halides is 1. The van der Waals surface area contributed by atoms with E-state index in [1.54, 1.807) is 3.57 Å². The monoisotopic (exact) mass is 367 g/mol. The predicted octanol–water partition coefficient (Wildman–Crippen LogP) is 1.94. The maximum Gasteiger partial charge on any atom is 0.325 e. The molecule has 19 heavy (non-hydrogen) atoms. The fourth-order valence-electron chi connectivity index (χ4n) is 2.61. The smallest absolute Gasteiger partial charge is 0.0794 e. The van der Waals surface area contributed by atoms with E-state index in [2.05, 4.69) is 69.3 Å². The van der Waals surface area contributed by atoms with E-state index in [9.17, 15) is 0 Å². The Hall–Kier alpha value is -0.570. The van der Waals surface area contributed by atoms with Crippen molar-refractivity contribution in [2.75, 3.05) is 0 Å². The number of halogens is 1. The molecule has 1 aliphatic rings. The summed E-state index contributed by atoms with van der Waals surface area (Å²) in [6, 6.07) is 9.20. The van der Waals surface area contributed by atoms with Gasteiger partial charge in [0.15, 0.2) is 6.99 Å². The van der Waals surface area contributed by atoms with E-state index in [-0.39, 0.29) is 21.2 Å². The number of hydrogen-bond acceptors (Lipinski definition) is 0. The second-order valence-corrected chi connectivity index (χ2v) is 9.29. The standard InChI is InChI=1S/C18H24I/c1-4-8-16(3)18(13-6-5-7-14-18)19-17-11-9-15(2)10-12-17/h5-7,9-13,16H,4,8,14H2,1-3H3/q+1. The third kappa shape index (κ3) is 3.71. The number of hydrogen-bond donors (Lipinski definition) is 0. The van der Waals surface area contributed by atoms with Crippen molar-refractivity contribution in [2.45, 2.75) is 43.5 Å². The van der Waals surface area contributed by atoms with Crippen molar-refractivity contribution in [1.29, 1.82) is 0 Å². The van der Waals surface area contributed by atoms with Crippen LogP contribution in [0.2, 0.25) is 0 Å². The summed E-state index contributed by atoms with van der Waals surface area (Å²) in [6.45, 7) is 6.92. The van der Waals surface area contributed by atoms with Gasteiger partial charge in [-0.1, -0.05) is 56.2 Å². The van der Waals surface area contributed by atoms with Crippen LogP contribution in [-0.2, 0) is 0 Å². The molecule has 0 N–H and O–H groups in total. The van der Waals surface area contributed by atoms with E-state index < -0.39 is 0 Å². The molecular weight excluding hydrogens is 343 g/mol. The minimum absolute atomic E-state index is 0.0153. The number of allylic oxidation sites excluding steroid dienone is 4. The summed E-state index contributed by atoms with van der Waals surface area (Å²) in [6.07, 6.45) is 13.2. The Morgan fingerprint density at radius 1 is 1.21 bits per heavy atom. The molecule has 0 saturated carbocycles. The highest BCUT2D eigenvalue weighted by Gasteiger charge is 2.46. The van der Waals surface area contributed by atoms with Gasteiger partial charge in [0, 0.05) is 12.3 Å². The van der Waals surface area contributed by atoms with Crippen molar-refractivity contribution >= 4 is 0 Å². The van der Waals surface area contributed by atoms with Crippen molar-refractivity contribution in [3.63, 3.8) is 0 Å². The Bertz CT molecular complexity index is 455. The van der Waals surface area contributed by atoms with Gasteiger partial charge in [0.25, 0.3) is 0 Å². The highest BCUT2D eigenvalue weighted by atomic mass is 127. The molecule has 1 aliphatic carbocycles. The molecule has 102 valence electrons. The maximum atomic E-state index is 2.50. The zero-order chi connectivity index (χ0) is 13.7. The van der Waals surface area contributed by atoms with Gasteiger partial charge in [-0.15, -0.1) is 0 Å². The van der Waals surface area contributed by atoms with Gasteiger partial charge in [-0.25, -0.2) is 0 Å². The lowest BCUT2D eigenvalue weighted by Crippen LogP contribution is -3.68. The molecule has 2 rings (SSSR count). The lowest BCUT2D eigenvalue weighted by atomic mass is 9.85. The zero-order valence-corrected chi connectivity index (χ0v) is 14.4. The number of benzene rings is 1. The number of aryl methyl sites for hydroxylation is 1. The van der Waals surface area contributed by atoms with Gasteiger partial charge in [-0.3, -0.25) is 0 Å². The maximum absolute atomic E-state index is 2.50. The fourth-order valence-corrected chi connectivity index (χ4v) is 6.20. The summed E-state index contributed by atoms with van der Waals surface area (Å²) in [7, 11) is 0. The summed E-state index contributed by atoms with van der Waals surface area (Å²) < 4.78 is 2.01. The first-order valence-corrected chi connectivity index (χ1v) is 9.39. The van der Waals surface area contributed by atoms with Crippen LogP contribution in [0.1, 0.15) is 38.7 Å². The normalized spacial score (nSPS) is 23.5. The molecule has 1 heteroatoms. The summed E-state index contributed by atoms with van der Waals surface area (Å²) in [5.74, 6) is 0.785. The van der Waals surface area contributed by atoms with Crippen molar-refractivity contribution in [1.82, 2.24) is 0 Å². The van der Waals surface area contributed by atoms with Gasteiger partial charge in [-0.2, -0.15) is 0 Å². The molecule has 0 aromatic heterocycles. The van der Waals surface area contributed by atoms with Crippen LogP contribution in [0.25, 0.3) is 0 Å². The quantitative estimate of drug-likeness (QED) is 0.551. The molecule has 0 radical (unpaired) electrons. The Balaban J connectivity index is 2.21. The van der Waals surface area contributed by atoms with Gasteiger partial charge < -0.3 is 0 Å². The highest BCUT2D eigenvalue weighted by Crippen LogP contribution is 2.24. The van der Waals surface area contributed by atoms with E-state index >= 15 is 0 Å². The van der Waals surface area contributed by atoms with Crippen LogP contribution in [0.5, 0.6) is 0 Å². The second-order valence-electron chi connectivity index (χ2n) is 5.50. The first-order chi connectivity index (χ1) is 9.16. The van der Waals surface area contributed by atoms with E-state index in [1.807, 2.05) is 0 Å². The number of rotatable bonds is 5. The molecule has 0 saturated heterocycles. The van der Waals surface area contributed by atoms with Gasteiger partial charge in [-0.05, 0) is 31.6 Å². The Kier molecular flexibility index (Phi) is 5.26. The molecule has 0 nitrogen and oxygen atoms in total. The molecule has 0 spiro atoms. The molecule has 0 heterocycles. The zero-order valence-electron chi connectivity index (χ0n) is 12.2. The Morgan fingerprint density at radius 2 is 1.95 bits per heavy atom. The third-order valence-electron chi connectivity index (χ3n) is 3.89. The van der Waals surface area contributed by atoms with Crippen LogP contribution >= 0.6 is 0 Å². The van der Waals surface area contributed by atoms with Gasteiger partial charge in [0.2, 0.25) is 0 Å². The molecule has 1 aromatic rings. The lowest BCUT2D eigenvalue weighted by molar-refractivity contribution is -0.698. The van der Waals surface area contributed by atoms with E-state index in [4.69, 9.17) is 0 Å². The van der Waals surface area contributed by atoms with Crippen LogP contribution in [0, 0.1) is 16.4 Å². The van der Waals surface area contributed by atoms with Gasteiger partial charge in [0.05, 0.1) is 0 Å². The van der Waals surface area contributed by atoms with Crippen LogP contribution < -0.4 is 21.2 Å². The summed E-state index contributed by atoms with van der Waals surface area (Å²) in [5, 5.41) is 0.